The molecule has 2 atom stereocenters. The maximum Gasteiger partial charge on any atom is 0.226 e. The van der Waals surface area contributed by atoms with E-state index in [9.17, 15) is 4.79 Å². The van der Waals surface area contributed by atoms with E-state index in [1.54, 1.807) is 0 Å². The standard InChI is InChI=1S/C17H26N2O2/c1-3-18-13(2)15-9-4-5-10-16(15)19-17(20)12-14-8-6-7-11-21-14/h4-5,9-10,13-14,18H,3,6-8,11-12H2,1-2H3,(H,19,20). The van der Waals surface area contributed by atoms with Crippen LogP contribution in [0.25, 0.3) is 0 Å². The van der Waals surface area contributed by atoms with Gasteiger partial charge in [0.25, 0.3) is 0 Å². The molecule has 2 N–H and O–H groups in total. The second-order valence-electron chi connectivity index (χ2n) is 5.61. The van der Waals surface area contributed by atoms with Gasteiger partial charge in [-0.2, -0.15) is 0 Å². The molecule has 4 heteroatoms. The van der Waals surface area contributed by atoms with Crippen LogP contribution in [0.5, 0.6) is 0 Å². The molecule has 1 saturated heterocycles. The quantitative estimate of drug-likeness (QED) is 0.845. The van der Waals surface area contributed by atoms with Crippen molar-refractivity contribution in [1.29, 1.82) is 0 Å². The molecule has 0 aromatic heterocycles. The van der Waals surface area contributed by atoms with Gasteiger partial charge in [-0.15, -0.1) is 0 Å². The molecule has 0 saturated carbocycles. The Balaban J connectivity index is 1.96. The lowest BCUT2D eigenvalue weighted by atomic mass is 10.0. The van der Waals surface area contributed by atoms with Crippen LogP contribution in [0.2, 0.25) is 0 Å². The van der Waals surface area contributed by atoms with Crippen LogP contribution >= 0.6 is 0 Å². The zero-order valence-corrected chi connectivity index (χ0v) is 13.0. The fourth-order valence-electron chi connectivity index (χ4n) is 2.78. The van der Waals surface area contributed by atoms with Gasteiger partial charge in [-0.1, -0.05) is 25.1 Å². The van der Waals surface area contributed by atoms with Crippen molar-refractivity contribution in [2.75, 3.05) is 18.5 Å². The normalized spacial score (nSPS) is 20.0. The van der Waals surface area contributed by atoms with Crippen LogP contribution in [-0.2, 0) is 9.53 Å². The summed E-state index contributed by atoms with van der Waals surface area (Å²) in [6.45, 7) is 5.88. The molecule has 21 heavy (non-hydrogen) atoms. The van der Waals surface area contributed by atoms with Crippen LogP contribution in [0.15, 0.2) is 24.3 Å². The van der Waals surface area contributed by atoms with Gasteiger partial charge >= 0.3 is 0 Å². The molecule has 0 radical (unpaired) electrons. The summed E-state index contributed by atoms with van der Waals surface area (Å²) in [5.74, 6) is 0.0399. The van der Waals surface area contributed by atoms with Crippen molar-refractivity contribution < 1.29 is 9.53 Å². The van der Waals surface area contributed by atoms with Gasteiger partial charge in [0, 0.05) is 18.3 Å². The van der Waals surface area contributed by atoms with E-state index in [2.05, 4.69) is 30.5 Å². The molecule has 1 amide bonds. The number of ether oxygens (including phenoxy) is 1. The van der Waals surface area contributed by atoms with E-state index in [0.717, 1.165) is 43.7 Å². The molecule has 0 spiro atoms. The fourth-order valence-corrected chi connectivity index (χ4v) is 2.78. The minimum Gasteiger partial charge on any atom is -0.378 e. The van der Waals surface area contributed by atoms with Gasteiger partial charge in [0.1, 0.15) is 0 Å². The molecule has 2 rings (SSSR count). The molecule has 116 valence electrons. The summed E-state index contributed by atoms with van der Waals surface area (Å²) in [7, 11) is 0. The Morgan fingerprint density at radius 1 is 1.38 bits per heavy atom. The van der Waals surface area contributed by atoms with Crippen molar-refractivity contribution in [3.63, 3.8) is 0 Å². The molecule has 1 aliphatic heterocycles. The van der Waals surface area contributed by atoms with Gasteiger partial charge < -0.3 is 15.4 Å². The lowest BCUT2D eigenvalue weighted by Gasteiger charge is -2.23. The van der Waals surface area contributed by atoms with Crippen LogP contribution in [0, 0.1) is 0 Å². The number of carbonyl (C=O) groups is 1. The predicted octanol–water partition coefficient (Wildman–Crippen LogP) is 3.25. The summed E-state index contributed by atoms with van der Waals surface area (Å²) in [6, 6.07) is 8.19. The minimum atomic E-state index is 0.0399. The highest BCUT2D eigenvalue weighted by Gasteiger charge is 2.18. The highest BCUT2D eigenvalue weighted by molar-refractivity contribution is 5.91. The highest BCUT2D eigenvalue weighted by atomic mass is 16.5. The Labute approximate surface area is 127 Å². The molecule has 1 fully saturated rings. The summed E-state index contributed by atoms with van der Waals surface area (Å²) in [5.41, 5.74) is 2.02. The topological polar surface area (TPSA) is 50.4 Å². The largest absolute Gasteiger partial charge is 0.378 e. The lowest BCUT2D eigenvalue weighted by molar-refractivity contribution is -0.119. The number of para-hydroxylation sites is 1. The molecule has 0 aliphatic carbocycles. The van der Waals surface area contributed by atoms with E-state index in [1.165, 1.54) is 0 Å². The summed E-state index contributed by atoms with van der Waals surface area (Å²) in [6.07, 6.45) is 3.79. The average molecular weight is 290 g/mol. The van der Waals surface area contributed by atoms with E-state index in [-0.39, 0.29) is 18.1 Å². The van der Waals surface area contributed by atoms with E-state index < -0.39 is 0 Å². The molecule has 2 unspecified atom stereocenters. The third kappa shape index (κ3) is 4.83. The van der Waals surface area contributed by atoms with E-state index in [1.807, 2.05) is 18.2 Å². The molecular formula is C17H26N2O2. The maximum absolute atomic E-state index is 12.2. The van der Waals surface area contributed by atoms with Crippen LogP contribution in [0.1, 0.15) is 51.1 Å². The van der Waals surface area contributed by atoms with Gasteiger partial charge in [-0.05, 0) is 44.4 Å². The van der Waals surface area contributed by atoms with Crippen LogP contribution in [-0.4, -0.2) is 25.2 Å². The SMILES string of the molecule is CCNC(C)c1ccccc1NC(=O)CC1CCCCO1. The Hall–Kier alpha value is -1.39. The predicted molar refractivity (Wildman–Crippen MR) is 85.4 cm³/mol. The Morgan fingerprint density at radius 3 is 2.90 bits per heavy atom. The first-order chi connectivity index (χ1) is 10.2. The third-order valence-corrected chi connectivity index (χ3v) is 3.90. The number of nitrogens with one attached hydrogen (secondary N) is 2. The summed E-state index contributed by atoms with van der Waals surface area (Å²) in [5, 5.41) is 6.42. The first kappa shape index (κ1) is 16.0. The molecule has 1 aromatic carbocycles. The Bertz CT molecular complexity index is 456. The number of hydrogen-bond donors (Lipinski definition) is 2. The van der Waals surface area contributed by atoms with Gasteiger partial charge in [0.15, 0.2) is 0 Å². The second kappa shape index (κ2) is 8.15. The van der Waals surface area contributed by atoms with Crippen molar-refractivity contribution >= 4 is 11.6 Å². The molecule has 4 nitrogen and oxygen atoms in total. The van der Waals surface area contributed by atoms with E-state index in [0.29, 0.717) is 6.42 Å². The van der Waals surface area contributed by atoms with Gasteiger partial charge in [-0.25, -0.2) is 0 Å². The van der Waals surface area contributed by atoms with Crippen LogP contribution in [0.3, 0.4) is 0 Å². The number of anilines is 1. The molecule has 0 bridgehead atoms. The Kier molecular flexibility index (Phi) is 6.21. The molecular weight excluding hydrogens is 264 g/mol. The van der Waals surface area contributed by atoms with Crippen molar-refractivity contribution in [3.05, 3.63) is 29.8 Å². The minimum absolute atomic E-state index is 0.0399. The number of hydrogen-bond acceptors (Lipinski definition) is 3. The summed E-state index contributed by atoms with van der Waals surface area (Å²) in [4.78, 5) is 12.2. The lowest BCUT2D eigenvalue weighted by Crippen LogP contribution is -2.26. The number of amides is 1. The van der Waals surface area contributed by atoms with Gasteiger partial charge in [-0.3, -0.25) is 4.79 Å². The fraction of sp³-hybridized carbons (Fsp3) is 0.588. The van der Waals surface area contributed by atoms with Crippen LogP contribution in [0.4, 0.5) is 5.69 Å². The monoisotopic (exact) mass is 290 g/mol. The molecule has 1 aromatic rings. The maximum atomic E-state index is 12.2. The van der Waals surface area contributed by atoms with Crippen molar-refractivity contribution in [2.24, 2.45) is 0 Å². The second-order valence-corrected chi connectivity index (χ2v) is 5.61. The third-order valence-electron chi connectivity index (χ3n) is 3.90. The highest BCUT2D eigenvalue weighted by Crippen LogP contribution is 2.23. The summed E-state index contributed by atoms with van der Waals surface area (Å²) < 4.78 is 5.63. The zero-order valence-electron chi connectivity index (χ0n) is 13.0. The Morgan fingerprint density at radius 2 is 2.19 bits per heavy atom. The number of rotatable bonds is 6. The smallest absolute Gasteiger partial charge is 0.226 e. The number of benzene rings is 1. The van der Waals surface area contributed by atoms with Gasteiger partial charge in [0.2, 0.25) is 5.91 Å². The number of carbonyl (C=O) groups excluding carboxylic acids is 1. The first-order valence-corrected chi connectivity index (χ1v) is 7.94. The van der Waals surface area contributed by atoms with Gasteiger partial charge in [0.05, 0.1) is 12.5 Å². The summed E-state index contributed by atoms with van der Waals surface area (Å²) >= 11 is 0. The average Bonchev–Trinajstić information content (AvgIpc) is 2.49. The van der Waals surface area contributed by atoms with Crippen LogP contribution < -0.4 is 10.6 Å². The molecule has 1 aliphatic rings. The first-order valence-electron chi connectivity index (χ1n) is 7.94. The molecule has 1 heterocycles. The van der Waals surface area contributed by atoms with E-state index >= 15 is 0 Å². The van der Waals surface area contributed by atoms with Crippen molar-refractivity contribution in [1.82, 2.24) is 5.32 Å². The van der Waals surface area contributed by atoms with E-state index in [4.69, 9.17) is 4.74 Å². The zero-order chi connectivity index (χ0) is 15.1. The van der Waals surface area contributed by atoms with Crippen molar-refractivity contribution in [2.45, 2.75) is 51.7 Å². The van der Waals surface area contributed by atoms with Crippen molar-refractivity contribution in [3.8, 4) is 0 Å².